The van der Waals surface area contributed by atoms with Crippen LogP contribution in [0.3, 0.4) is 0 Å². The molecule has 0 spiro atoms. The lowest BCUT2D eigenvalue weighted by Gasteiger charge is -2.48. The third-order valence-electron chi connectivity index (χ3n) is 3.00. The molecular formula is C9H14N2O4. The second-order valence-electron chi connectivity index (χ2n) is 4.56. The second-order valence-corrected chi connectivity index (χ2v) is 4.56. The highest BCUT2D eigenvalue weighted by molar-refractivity contribution is 5.82. The zero-order valence-electron chi connectivity index (χ0n) is 8.51. The van der Waals surface area contributed by atoms with E-state index in [0.29, 0.717) is 13.1 Å². The number of carboxylic acid groups (broad SMARTS) is 1. The van der Waals surface area contributed by atoms with Gasteiger partial charge in [-0.2, -0.15) is 0 Å². The Morgan fingerprint density at radius 3 is 2.20 bits per heavy atom. The molecule has 0 aromatic heterocycles. The Balaban J connectivity index is 1.84. The van der Waals surface area contributed by atoms with E-state index in [1.54, 1.807) is 6.92 Å². The molecule has 0 atom stereocenters. The number of amides is 2. The molecule has 2 rings (SSSR count). The third kappa shape index (κ3) is 1.54. The molecule has 2 aliphatic rings. The molecule has 0 aromatic rings. The van der Waals surface area contributed by atoms with Gasteiger partial charge in [-0.25, -0.2) is 4.79 Å². The average Bonchev–Trinajstić information content (AvgIpc) is 2.06. The predicted molar refractivity (Wildman–Crippen MR) is 50.3 cm³/mol. The second kappa shape index (κ2) is 3.10. The number of hydrogen-bond donors (Lipinski definition) is 2. The van der Waals surface area contributed by atoms with Crippen molar-refractivity contribution in [2.75, 3.05) is 26.2 Å². The maximum absolute atomic E-state index is 11.6. The molecule has 2 saturated heterocycles. The first-order chi connectivity index (χ1) is 6.92. The standard InChI is InChI=1S/C9H14N2O4/c1-9(7(13)14)4-11(5-9)8(15)10-2-6(12)3-10/h6,12H,2-5H2,1H3,(H,13,14). The quantitative estimate of drug-likeness (QED) is 0.598. The molecule has 2 aliphatic heterocycles. The Hall–Kier alpha value is -1.30. The molecule has 0 aliphatic carbocycles. The van der Waals surface area contributed by atoms with Crippen LogP contribution in [0.4, 0.5) is 4.79 Å². The van der Waals surface area contributed by atoms with Crippen LogP contribution in [0, 0.1) is 5.41 Å². The summed E-state index contributed by atoms with van der Waals surface area (Å²) in [7, 11) is 0. The molecule has 0 radical (unpaired) electrons. The Kier molecular flexibility index (Phi) is 2.11. The number of aliphatic hydroxyl groups excluding tert-OH is 1. The number of likely N-dealkylation sites (tertiary alicyclic amines) is 2. The summed E-state index contributed by atoms with van der Waals surface area (Å²) in [5.74, 6) is -0.866. The first kappa shape index (κ1) is 10.2. The van der Waals surface area contributed by atoms with Crippen LogP contribution < -0.4 is 0 Å². The van der Waals surface area contributed by atoms with Gasteiger partial charge in [0.2, 0.25) is 0 Å². The lowest BCUT2D eigenvalue weighted by atomic mass is 9.82. The number of carbonyl (C=O) groups is 2. The van der Waals surface area contributed by atoms with Crippen molar-refractivity contribution in [3.05, 3.63) is 0 Å². The van der Waals surface area contributed by atoms with Gasteiger partial charge >= 0.3 is 12.0 Å². The largest absolute Gasteiger partial charge is 0.481 e. The SMILES string of the molecule is CC1(C(=O)O)CN(C(=O)N2CC(O)C2)C1. The van der Waals surface area contributed by atoms with E-state index in [1.807, 2.05) is 0 Å². The monoisotopic (exact) mass is 214 g/mol. The number of hydrogen-bond acceptors (Lipinski definition) is 3. The molecule has 0 aromatic carbocycles. The number of β-amino-alcohol motifs (C(OH)–C–C–N with tert-alkyl or cyclic N) is 1. The number of aliphatic hydroxyl groups is 1. The molecule has 6 heteroatoms. The van der Waals surface area contributed by atoms with E-state index >= 15 is 0 Å². The highest BCUT2D eigenvalue weighted by Gasteiger charge is 2.49. The Labute approximate surface area is 87.1 Å². The van der Waals surface area contributed by atoms with Gasteiger partial charge in [-0.15, -0.1) is 0 Å². The van der Waals surface area contributed by atoms with Crippen molar-refractivity contribution < 1.29 is 19.8 Å². The van der Waals surface area contributed by atoms with Crippen LogP contribution in [0.15, 0.2) is 0 Å². The lowest BCUT2D eigenvalue weighted by molar-refractivity contribution is -0.156. The number of carbonyl (C=O) groups excluding carboxylic acids is 1. The van der Waals surface area contributed by atoms with E-state index in [2.05, 4.69) is 0 Å². The fourth-order valence-electron chi connectivity index (χ4n) is 1.88. The molecule has 0 saturated carbocycles. The molecule has 2 fully saturated rings. The van der Waals surface area contributed by atoms with E-state index in [-0.39, 0.29) is 19.1 Å². The van der Waals surface area contributed by atoms with Gasteiger partial charge in [-0.3, -0.25) is 4.79 Å². The molecule has 2 N–H and O–H groups in total. The normalized spacial score (nSPS) is 24.4. The van der Waals surface area contributed by atoms with E-state index < -0.39 is 17.5 Å². The van der Waals surface area contributed by atoms with Gasteiger partial charge in [-0.05, 0) is 6.92 Å². The van der Waals surface area contributed by atoms with E-state index in [0.717, 1.165) is 0 Å². The van der Waals surface area contributed by atoms with Crippen molar-refractivity contribution in [1.82, 2.24) is 9.80 Å². The topological polar surface area (TPSA) is 81.1 Å². The minimum absolute atomic E-state index is 0.168. The van der Waals surface area contributed by atoms with Crippen molar-refractivity contribution in [3.63, 3.8) is 0 Å². The van der Waals surface area contributed by atoms with Gasteiger partial charge in [0, 0.05) is 13.1 Å². The van der Waals surface area contributed by atoms with Crippen LogP contribution >= 0.6 is 0 Å². The van der Waals surface area contributed by atoms with Crippen LogP contribution in [0.25, 0.3) is 0 Å². The molecule has 2 amide bonds. The first-order valence-electron chi connectivity index (χ1n) is 4.88. The lowest BCUT2D eigenvalue weighted by Crippen LogP contribution is -2.66. The van der Waals surface area contributed by atoms with Crippen molar-refractivity contribution in [2.45, 2.75) is 13.0 Å². The minimum Gasteiger partial charge on any atom is -0.481 e. The average molecular weight is 214 g/mol. The summed E-state index contributed by atoms with van der Waals surface area (Å²) in [6, 6.07) is -0.168. The van der Waals surface area contributed by atoms with Gasteiger partial charge in [0.15, 0.2) is 0 Å². The predicted octanol–water partition coefficient (Wildman–Crippen LogP) is -0.811. The van der Waals surface area contributed by atoms with Crippen molar-refractivity contribution >= 4 is 12.0 Å². The molecule has 2 heterocycles. The smallest absolute Gasteiger partial charge is 0.320 e. The van der Waals surface area contributed by atoms with E-state index in [9.17, 15) is 9.59 Å². The van der Waals surface area contributed by atoms with Crippen molar-refractivity contribution in [1.29, 1.82) is 0 Å². The van der Waals surface area contributed by atoms with Crippen molar-refractivity contribution in [3.8, 4) is 0 Å². The summed E-state index contributed by atoms with van der Waals surface area (Å²) in [6.45, 7) is 2.86. The highest BCUT2D eigenvalue weighted by atomic mass is 16.4. The molecule has 6 nitrogen and oxygen atoms in total. The van der Waals surface area contributed by atoms with E-state index in [4.69, 9.17) is 10.2 Å². The third-order valence-corrected chi connectivity index (χ3v) is 3.00. The van der Waals surface area contributed by atoms with Gasteiger partial charge in [0.1, 0.15) is 5.41 Å². The first-order valence-corrected chi connectivity index (χ1v) is 4.88. The van der Waals surface area contributed by atoms with Crippen molar-refractivity contribution in [2.24, 2.45) is 5.41 Å². The fourth-order valence-corrected chi connectivity index (χ4v) is 1.88. The molecule has 0 unspecified atom stereocenters. The number of aliphatic carboxylic acids is 1. The van der Waals surface area contributed by atoms with Crippen LogP contribution in [-0.4, -0.2) is 64.3 Å². The number of urea groups is 1. The summed E-state index contributed by atoms with van der Waals surface area (Å²) in [5.41, 5.74) is -0.793. The zero-order chi connectivity index (χ0) is 11.2. The summed E-state index contributed by atoms with van der Waals surface area (Å²) in [5, 5.41) is 17.9. The zero-order valence-corrected chi connectivity index (χ0v) is 8.51. The summed E-state index contributed by atoms with van der Waals surface area (Å²) >= 11 is 0. The van der Waals surface area contributed by atoms with Crippen LogP contribution in [0.2, 0.25) is 0 Å². The number of carboxylic acids is 1. The van der Waals surface area contributed by atoms with Gasteiger partial charge < -0.3 is 20.0 Å². The van der Waals surface area contributed by atoms with Crippen LogP contribution in [0.1, 0.15) is 6.92 Å². The Morgan fingerprint density at radius 2 is 1.80 bits per heavy atom. The molecule has 84 valence electrons. The van der Waals surface area contributed by atoms with Crippen LogP contribution in [0.5, 0.6) is 0 Å². The van der Waals surface area contributed by atoms with Crippen LogP contribution in [-0.2, 0) is 4.79 Å². The summed E-state index contributed by atoms with van der Waals surface area (Å²) in [6.07, 6.45) is -0.416. The minimum atomic E-state index is -0.866. The highest BCUT2D eigenvalue weighted by Crippen LogP contribution is 2.31. The summed E-state index contributed by atoms with van der Waals surface area (Å²) in [4.78, 5) is 25.4. The van der Waals surface area contributed by atoms with Gasteiger partial charge in [-0.1, -0.05) is 0 Å². The number of nitrogens with zero attached hydrogens (tertiary/aromatic N) is 2. The Morgan fingerprint density at radius 1 is 1.27 bits per heavy atom. The number of rotatable bonds is 1. The maximum Gasteiger partial charge on any atom is 0.320 e. The summed E-state index contributed by atoms with van der Waals surface area (Å²) < 4.78 is 0. The fraction of sp³-hybridized carbons (Fsp3) is 0.778. The van der Waals surface area contributed by atoms with Gasteiger partial charge in [0.25, 0.3) is 0 Å². The van der Waals surface area contributed by atoms with Gasteiger partial charge in [0.05, 0.1) is 19.2 Å². The van der Waals surface area contributed by atoms with E-state index in [1.165, 1.54) is 9.80 Å². The maximum atomic E-state index is 11.6. The molecular weight excluding hydrogens is 200 g/mol. The molecule has 15 heavy (non-hydrogen) atoms. The molecule has 0 bridgehead atoms. The Bertz CT molecular complexity index is 305.